The van der Waals surface area contributed by atoms with Crippen molar-refractivity contribution in [1.82, 2.24) is 14.9 Å². The van der Waals surface area contributed by atoms with Crippen LogP contribution in [0.4, 0.5) is 4.79 Å². The third kappa shape index (κ3) is 6.31. The van der Waals surface area contributed by atoms with Gasteiger partial charge in [0.1, 0.15) is 12.6 Å². The maximum Gasteiger partial charge on any atom is 0.405 e. The Morgan fingerprint density at radius 3 is 2.87 bits per heavy atom. The fraction of sp³-hybridized carbons (Fsp3) is 0.478. The molecular formula is C23H33N3O3Si. The SMILES string of the molecule is C[Si](C)(C)CCOCn1cc2nc1C(NC(=O)O)CC=CCCCc1ccccc1-2. The average molecular weight is 428 g/mol. The van der Waals surface area contributed by atoms with Crippen molar-refractivity contribution in [1.29, 1.82) is 0 Å². The van der Waals surface area contributed by atoms with Gasteiger partial charge in [-0.05, 0) is 37.3 Å². The second-order valence-electron chi connectivity index (χ2n) is 9.06. The summed E-state index contributed by atoms with van der Waals surface area (Å²) < 4.78 is 7.94. The highest BCUT2D eigenvalue weighted by atomic mass is 28.3. The zero-order valence-corrected chi connectivity index (χ0v) is 19.2. The van der Waals surface area contributed by atoms with Crippen molar-refractivity contribution >= 4 is 14.2 Å². The lowest BCUT2D eigenvalue weighted by Gasteiger charge is -2.18. The Morgan fingerprint density at radius 2 is 2.10 bits per heavy atom. The zero-order chi connectivity index (χ0) is 21.6. The van der Waals surface area contributed by atoms with Crippen LogP contribution in [-0.2, 0) is 17.9 Å². The summed E-state index contributed by atoms with van der Waals surface area (Å²) >= 11 is 0. The van der Waals surface area contributed by atoms with Crippen LogP contribution in [-0.4, -0.2) is 35.4 Å². The van der Waals surface area contributed by atoms with E-state index in [-0.39, 0.29) is 0 Å². The number of allylic oxidation sites excluding steroid dienone is 1. The van der Waals surface area contributed by atoms with Crippen molar-refractivity contribution in [3.63, 3.8) is 0 Å². The van der Waals surface area contributed by atoms with Crippen LogP contribution in [0.1, 0.15) is 36.7 Å². The highest BCUT2D eigenvalue weighted by Crippen LogP contribution is 2.28. The molecular weight excluding hydrogens is 394 g/mol. The molecule has 30 heavy (non-hydrogen) atoms. The minimum atomic E-state index is -1.17. The van der Waals surface area contributed by atoms with Crippen molar-refractivity contribution in [2.24, 2.45) is 0 Å². The molecule has 0 saturated carbocycles. The molecule has 2 heterocycles. The highest BCUT2D eigenvalue weighted by Gasteiger charge is 2.22. The van der Waals surface area contributed by atoms with Gasteiger partial charge >= 0.3 is 6.09 Å². The van der Waals surface area contributed by atoms with E-state index in [0.717, 1.165) is 36.6 Å². The van der Waals surface area contributed by atoms with Crippen LogP contribution in [0.5, 0.6) is 0 Å². The number of rotatable bonds is 6. The van der Waals surface area contributed by atoms with Crippen LogP contribution in [0.3, 0.4) is 0 Å². The number of aryl methyl sites for hydroxylation is 1. The van der Waals surface area contributed by atoms with E-state index in [2.05, 4.69) is 55.3 Å². The van der Waals surface area contributed by atoms with Crippen molar-refractivity contribution < 1.29 is 14.6 Å². The number of nitrogens with one attached hydrogen (secondary N) is 1. The molecule has 1 atom stereocenters. The van der Waals surface area contributed by atoms with E-state index >= 15 is 0 Å². The van der Waals surface area contributed by atoms with E-state index in [4.69, 9.17) is 9.72 Å². The summed E-state index contributed by atoms with van der Waals surface area (Å²) in [6.07, 6.45) is 8.74. The first-order valence-electron chi connectivity index (χ1n) is 10.7. The number of nitrogens with zero attached hydrogens (tertiary/aromatic N) is 2. The van der Waals surface area contributed by atoms with E-state index in [1.54, 1.807) is 0 Å². The number of hydrogen-bond acceptors (Lipinski definition) is 3. The number of carboxylic acid groups (broad SMARTS) is 1. The fourth-order valence-corrected chi connectivity index (χ4v) is 4.37. The summed E-state index contributed by atoms with van der Waals surface area (Å²) in [4.78, 5) is 16.3. The Balaban J connectivity index is 1.94. The number of fused-ring (bicyclic) bond motifs is 4. The van der Waals surface area contributed by atoms with Gasteiger partial charge in [-0.2, -0.15) is 0 Å². The van der Waals surface area contributed by atoms with Crippen molar-refractivity contribution in [3.8, 4) is 11.3 Å². The molecule has 0 aliphatic carbocycles. The van der Waals surface area contributed by atoms with Gasteiger partial charge in [-0.3, -0.25) is 0 Å². The molecule has 162 valence electrons. The minimum absolute atomic E-state index is 0.372. The van der Waals surface area contributed by atoms with E-state index in [1.165, 1.54) is 5.56 Å². The first-order valence-corrected chi connectivity index (χ1v) is 14.4. The minimum Gasteiger partial charge on any atom is -0.465 e. The molecule has 1 aliphatic heterocycles. The lowest BCUT2D eigenvalue weighted by molar-refractivity contribution is 0.0837. The van der Waals surface area contributed by atoms with Crippen molar-refractivity contribution in [2.75, 3.05) is 6.61 Å². The number of benzene rings is 1. The molecule has 3 rings (SSSR count). The summed E-state index contributed by atoms with van der Waals surface area (Å²) in [5, 5.41) is 12.0. The Labute approximate surface area is 180 Å². The molecule has 1 amide bonds. The molecule has 1 unspecified atom stereocenters. The third-order valence-corrected chi connectivity index (χ3v) is 7.00. The number of ether oxygens (including phenoxy) is 1. The predicted octanol–water partition coefficient (Wildman–Crippen LogP) is 5.45. The average Bonchev–Trinajstić information content (AvgIpc) is 3.09. The Hall–Kier alpha value is -2.38. The van der Waals surface area contributed by atoms with Crippen LogP contribution >= 0.6 is 0 Å². The monoisotopic (exact) mass is 427 g/mol. The van der Waals surface area contributed by atoms with Gasteiger partial charge < -0.3 is 19.7 Å². The molecule has 2 bridgehead atoms. The molecule has 2 N–H and O–H groups in total. The summed E-state index contributed by atoms with van der Waals surface area (Å²) in [6, 6.07) is 9.01. The van der Waals surface area contributed by atoms with Gasteiger partial charge in [0.05, 0.1) is 11.7 Å². The van der Waals surface area contributed by atoms with Gasteiger partial charge in [0.2, 0.25) is 0 Å². The number of amides is 1. The largest absolute Gasteiger partial charge is 0.465 e. The van der Waals surface area contributed by atoms with Gasteiger partial charge in [-0.15, -0.1) is 0 Å². The van der Waals surface area contributed by atoms with E-state index in [9.17, 15) is 9.90 Å². The van der Waals surface area contributed by atoms with Crippen LogP contribution < -0.4 is 5.32 Å². The summed E-state index contributed by atoms with van der Waals surface area (Å²) in [7, 11) is -1.17. The van der Waals surface area contributed by atoms with Crippen LogP contribution in [0.15, 0.2) is 42.6 Å². The molecule has 2 aromatic rings. The molecule has 7 heteroatoms. The van der Waals surface area contributed by atoms with Crippen LogP contribution in [0, 0.1) is 0 Å². The maximum atomic E-state index is 11.4. The summed E-state index contributed by atoms with van der Waals surface area (Å²) in [5.74, 6) is 0.695. The normalized spacial score (nSPS) is 17.0. The van der Waals surface area contributed by atoms with Gasteiger partial charge in [-0.1, -0.05) is 56.1 Å². The predicted molar refractivity (Wildman–Crippen MR) is 122 cm³/mol. The molecule has 0 spiro atoms. The van der Waals surface area contributed by atoms with Gasteiger partial charge in [-0.25, -0.2) is 9.78 Å². The standard InChI is InChI=1S/C23H33N3O3Si/c1-30(2,3)15-14-29-17-26-16-21-19-12-9-8-11-18(19)10-6-4-5-7-13-20(22(26)24-21)25-23(27)28/h5,7-9,11-12,16,20,25H,4,6,10,13-15,17H2,1-3H3,(H,27,28). The lowest BCUT2D eigenvalue weighted by atomic mass is 9.99. The smallest absolute Gasteiger partial charge is 0.405 e. The molecule has 1 aliphatic rings. The van der Waals surface area contributed by atoms with Crippen molar-refractivity contribution in [2.45, 2.75) is 64.1 Å². The Morgan fingerprint density at radius 1 is 1.30 bits per heavy atom. The number of imidazole rings is 1. The molecule has 0 saturated heterocycles. The molecule has 0 fully saturated rings. The van der Waals surface area contributed by atoms with E-state index < -0.39 is 20.2 Å². The number of aromatic nitrogens is 2. The topological polar surface area (TPSA) is 76.4 Å². The Kier molecular flexibility index (Phi) is 7.50. The molecule has 0 radical (unpaired) electrons. The van der Waals surface area contributed by atoms with Gasteiger partial charge in [0, 0.05) is 26.4 Å². The zero-order valence-electron chi connectivity index (χ0n) is 18.2. The second-order valence-corrected chi connectivity index (χ2v) is 14.7. The van der Waals surface area contributed by atoms with Crippen LogP contribution in [0.25, 0.3) is 11.3 Å². The molecule has 1 aromatic heterocycles. The van der Waals surface area contributed by atoms with Gasteiger partial charge in [0.15, 0.2) is 0 Å². The second kappa shape index (κ2) is 10.1. The highest BCUT2D eigenvalue weighted by molar-refractivity contribution is 6.76. The first kappa shape index (κ1) is 22.3. The van der Waals surface area contributed by atoms with Gasteiger partial charge in [0.25, 0.3) is 0 Å². The summed E-state index contributed by atoms with van der Waals surface area (Å²) in [6.45, 7) is 8.06. The first-order chi connectivity index (χ1) is 14.3. The van der Waals surface area contributed by atoms with E-state index in [1.807, 2.05) is 16.8 Å². The summed E-state index contributed by atoms with van der Waals surface area (Å²) in [5.41, 5.74) is 3.25. The third-order valence-electron chi connectivity index (χ3n) is 5.29. The molecule has 1 aromatic carbocycles. The van der Waals surface area contributed by atoms with Crippen molar-refractivity contribution in [3.05, 3.63) is 54.0 Å². The van der Waals surface area contributed by atoms with Crippen LogP contribution in [0.2, 0.25) is 25.7 Å². The number of hydrogen-bond donors (Lipinski definition) is 2. The fourth-order valence-electron chi connectivity index (χ4n) is 3.61. The molecule has 6 nitrogen and oxygen atoms in total. The lowest BCUT2D eigenvalue weighted by Crippen LogP contribution is -2.29. The van der Waals surface area contributed by atoms with E-state index in [0.29, 0.717) is 25.6 Å². The Bertz CT molecular complexity index is 886. The number of carbonyl (C=O) groups is 1. The quantitative estimate of drug-likeness (QED) is 0.365. The maximum absolute atomic E-state index is 11.4.